The number of nitrogens with one attached hydrogen (secondary N) is 1. The molecule has 2 aromatic rings. The van der Waals surface area contributed by atoms with Gasteiger partial charge in [-0.15, -0.1) is 10.2 Å². The molecule has 2 heterocycles. The van der Waals surface area contributed by atoms with E-state index in [4.69, 9.17) is 0 Å². The van der Waals surface area contributed by atoms with Crippen molar-refractivity contribution in [3.8, 4) is 5.88 Å². The molecule has 0 aliphatic carbocycles. The summed E-state index contributed by atoms with van der Waals surface area (Å²) in [5.41, 5.74) is 0.551. The smallest absolute Gasteiger partial charge is 0.368 e. The van der Waals surface area contributed by atoms with Gasteiger partial charge in [-0.1, -0.05) is 6.07 Å². The number of aryl methyl sites for hydroxylation is 1. The Hall–Kier alpha value is -3.16. The molecule has 0 radical (unpaired) electrons. The molecule has 8 nitrogen and oxygen atoms in total. The minimum absolute atomic E-state index is 0.147. The highest BCUT2D eigenvalue weighted by molar-refractivity contribution is 5.78. The zero-order chi connectivity index (χ0) is 15.0. The lowest BCUT2D eigenvalue weighted by atomic mass is 10.2. The largest absolute Gasteiger partial charge is 0.493 e. The average molecular weight is 283 g/mol. The van der Waals surface area contributed by atoms with Gasteiger partial charge in [0.2, 0.25) is 5.88 Å². The molecule has 0 bridgehead atoms. The number of carbonyl (C=O) groups is 1. The van der Waals surface area contributed by atoms with Crippen molar-refractivity contribution in [2.24, 2.45) is 20.2 Å². The van der Waals surface area contributed by atoms with Crippen LogP contribution in [-0.4, -0.2) is 16.1 Å². The minimum atomic E-state index is -0.587. The maximum atomic E-state index is 11.2. The van der Waals surface area contributed by atoms with Crippen LogP contribution in [0.2, 0.25) is 0 Å². The number of azo groups is 1. The Labute approximate surface area is 117 Å². The van der Waals surface area contributed by atoms with E-state index in [-0.39, 0.29) is 11.6 Å². The summed E-state index contributed by atoms with van der Waals surface area (Å²) < 4.78 is 0. The van der Waals surface area contributed by atoms with E-state index in [0.717, 1.165) is 0 Å². The number of hydrogen-bond acceptors (Lipinski definition) is 5. The Balaban J connectivity index is 2.10. The molecule has 21 heavy (non-hydrogen) atoms. The van der Waals surface area contributed by atoms with Gasteiger partial charge in [0.15, 0.2) is 0 Å². The van der Waals surface area contributed by atoms with Crippen molar-refractivity contribution in [3.05, 3.63) is 50.9 Å². The van der Waals surface area contributed by atoms with Gasteiger partial charge in [0.1, 0.15) is 16.7 Å². The van der Waals surface area contributed by atoms with Gasteiger partial charge in [-0.05, 0) is 24.6 Å². The summed E-state index contributed by atoms with van der Waals surface area (Å²) in [4.78, 5) is 32.0. The summed E-state index contributed by atoms with van der Waals surface area (Å²) in [5.74, 6) is -0.367. The van der Waals surface area contributed by atoms with Crippen molar-refractivity contribution in [1.29, 1.82) is 0 Å². The van der Waals surface area contributed by atoms with Crippen LogP contribution in [0.4, 0.5) is 16.2 Å². The summed E-state index contributed by atoms with van der Waals surface area (Å²) in [6.07, 6.45) is 0. The fourth-order valence-corrected chi connectivity index (χ4v) is 1.92. The second kappa shape index (κ2) is 4.75. The van der Waals surface area contributed by atoms with Crippen LogP contribution in [0.3, 0.4) is 0 Å². The topological polar surface area (TPSA) is 120 Å². The number of para-hydroxylation sites is 1. The molecule has 0 spiro atoms. The first-order chi connectivity index (χ1) is 10.0. The second-order valence-corrected chi connectivity index (χ2v) is 4.36. The van der Waals surface area contributed by atoms with Crippen molar-refractivity contribution in [2.75, 3.05) is 0 Å². The summed E-state index contributed by atoms with van der Waals surface area (Å²) in [6.45, 7) is 1.63. The van der Waals surface area contributed by atoms with E-state index < -0.39 is 11.6 Å². The molecule has 1 aliphatic heterocycles. The van der Waals surface area contributed by atoms with Crippen molar-refractivity contribution in [2.45, 2.75) is 6.92 Å². The van der Waals surface area contributed by atoms with Crippen molar-refractivity contribution in [3.63, 3.8) is 0 Å². The molecular formula is C13H9N5O3. The van der Waals surface area contributed by atoms with Gasteiger partial charge in [0, 0.05) is 6.07 Å². The highest BCUT2D eigenvalue weighted by atomic mass is 16.3. The normalized spacial score (nSPS) is 13.1. The quantitative estimate of drug-likeness (QED) is 0.805. The van der Waals surface area contributed by atoms with E-state index in [1.165, 1.54) is 6.07 Å². The Morgan fingerprint density at radius 2 is 2.00 bits per heavy atom. The molecule has 8 heteroatoms. The fourth-order valence-electron chi connectivity index (χ4n) is 1.92. The van der Waals surface area contributed by atoms with Crippen LogP contribution in [0.25, 0.3) is 0 Å². The van der Waals surface area contributed by atoms with E-state index in [1.54, 1.807) is 25.1 Å². The summed E-state index contributed by atoms with van der Waals surface area (Å²) in [5, 5.41) is 18.3. The lowest BCUT2D eigenvalue weighted by Crippen LogP contribution is -2.20. The third-order valence-corrected chi connectivity index (χ3v) is 2.86. The number of aromatic nitrogens is 1. The van der Waals surface area contributed by atoms with E-state index >= 15 is 0 Å². The fraction of sp³-hybridized carbons (Fsp3) is 0.0769. The van der Waals surface area contributed by atoms with Gasteiger partial charge in [-0.3, -0.25) is 9.78 Å². The van der Waals surface area contributed by atoms with Gasteiger partial charge in [0.25, 0.3) is 5.56 Å². The number of aromatic hydroxyl groups is 1. The summed E-state index contributed by atoms with van der Waals surface area (Å²) in [6, 6.07) is 5.65. The van der Waals surface area contributed by atoms with Crippen LogP contribution in [0.15, 0.2) is 49.3 Å². The summed E-state index contributed by atoms with van der Waals surface area (Å²) in [7, 11) is 0. The number of benzene rings is 1. The van der Waals surface area contributed by atoms with E-state index in [0.29, 0.717) is 22.0 Å². The van der Waals surface area contributed by atoms with Gasteiger partial charge in [-0.2, -0.15) is 9.98 Å². The zero-order valence-corrected chi connectivity index (χ0v) is 10.9. The monoisotopic (exact) mass is 283 g/mol. The van der Waals surface area contributed by atoms with Crippen molar-refractivity contribution < 1.29 is 9.90 Å². The molecule has 0 saturated heterocycles. The first kappa shape index (κ1) is 12.9. The van der Waals surface area contributed by atoms with Crippen LogP contribution in [0, 0.1) is 6.92 Å². The standard InChI is InChI=1S/C13H9N5O3/c1-6-5-9(19)15-12(20)10(6)18-17-8-4-2-3-7-11(8)16-13(21)14-7/h2-5H,1H3,(H2,15,19,20). The number of aromatic amines is 1. The number of urea groups is 1. The Bertz CT molecular complexity index is 932. The van der Waals surface area contributed by atoms with E-state index in [1.807, 2.05) is 0 Å². The molecule has 104 valence electrons. The average Bonchev–Trinajstić information content (AvgIpc) is 2.78. The molecule has 2 amide bonds. The van der Waals surface area contributed by atoms with Gasteiger partial charge in [-0.25, -0.2) is 4.79 Å². The number of carbonyl (C=O) groups excluding carboxylic acids is 1. The number of hydrogen-bond donors (Lipinski definition) is 2. The van der Waals surface area contributed by atoms with Crippen LogP contribution in [-0.2, 0) is 0 Å². The number of pyridine rings is 1. The van der Waals surface area contributed by atoms with E-state index in [2.05, 4.69) is 25.2 Å². The third-order valence-electron chi connectivity index (χ3n) is 2.86. The predicted octanol–water partition coefficient (Wildman–Crippen LogP) is 1.18. The Morgan fingerprint density at radius 1 is 1.19 bits per heavy atom. The van der Waals surface area contributed by atoms with Crippen LogP contribution in [0.1, 0.15) is 5.56 Å². The molecular weight excluding hydrogens is 274 g/mol. The molecule has 1 aromatic carbocycles. The van der Waals surface area contributed by atoms with Crippen LogP contribution < -0.4 is 16.3 Å². The SMILES string of the molecule is Cc1cc(=O)[nH]c(O)c1N=Nc1cccc2c1=NC(=O)N=2. The molecule has 1 aliphatic rings. The first-order valence-corrected chi connectivity index (χ1v) is 5.99. The second-order valence-electron chi connectivity index (χ2n) is 4.36. The third kappa shape index (κ3) is 2.34. The predicted molar refractivity (Wildman–Crippen MR) is 71.8 cm³/mol. The van der Waals surface area contributed by atoms with Gasteiger partial charge in [0.05, 0.1) is 5.36 Å². The lowest BCUT2D eigenvalue weighted by molar-refractivity contribution is 0.256. The Kier molecular flexibility index (Phi) is 2.90. The molecule has 0 unspecified atom stereocenters. The number of rotatable bonds is 2. The molecule has 0 fully saturated rings. The maximum absolute atomic E-state index is 11.2. The molecule has 1 aromatic heterocycles. The van der Waals surface area contributed by atoms with Crippen molar-refractivity contribution in [1.82, 2.24) is 4.98 Å². The molecule has 0 saturated carbocycles. The molecule has 2 N–H and O–H groups in total. The van der Waals surface area contributed by atoms with Crippen LogP contribution in [0.5, 0.6) is 5.88 Å². The van der Waals surface area contributed by atoms with E-state index in [9.17, 15) is 14.7 Å². The number of amides is 2. The first-order valence-electron chi connectivity index (χ1n) is 5.99. The highest BCUT2D eigenvalue weighted by Gasteiger charge is 2.09. The Morgan fingerprint density at radius 3 is 2.76 bits per heavy atom. The molecule has 0 atom stereocenters. The van der Waals surface area contributed by atoms with Crippen LogP contribution >= 0.6 is 0 Å². The minimum Gasteiger partial charge on any atom is -0.493 e. The highest BCUT2D eigenvalue weighted by Crippen LogP contribution is 2.27. The van der Waals surface area contributed by atoms with Gasteiger partial charge < -0.3 is 5.11 Å². The number of fused-ring (bicyclic) bond motifs is 1. The number of nitrogens with zero attached hydrogens (tertiary/aromatic N) is 4. The maximum Gasteiger partial charge on any atom is 0.368 e. The zero-order valence-electron chi connectivity index (χ0n) is 10.9. The summed E-state index contributed by atoms with van der Waals surface area (Å²) >= 11 is 0. The lowest BCUT2D eigenvalue weighted by Gasteiger charge is -2.00. The van der Waals surface area contributed by atoms with Gasteiger partial charge >= 0.3 is 6.03 Å². The van der Waals surface area contributed by atoms with Crippen molar-refractivity contribution >= 4 is 17.4 Å². The number of H-pyrrole nitrogens is 1. The molecule has 3 rings (SSSR count).